The van der Waals surface area contributed by atoms with Crippen LogP contribution in [0.25, 0.3) is 0 Å². The van der Waals surface area contributed by atoms with Crippen molar-refractivity contribution in [2.75, 3.05) is 19.7 Å². The first kappa shape index (κ1) is 16.9. The maximum Gasteiger partial charge on any atom is 0.120 e. The Hall–Kier alpha value is -1.17. The molecule has 0 saturated carbocycles. The van der Waals surface area contributed by atoms with Gasteiger partial charge < -0.3 is 15.6 Å². The molecule has 1 aromatic carbocycles. The average molecular weight is 296 g/mol. The van der Waals surface area contributed by atoms with Crippen LogP contribution >= 0.6 is 12.2 Å². The zero-order chi connectivity index (χ0) is 15.1. The summed E-state index contributed by atoms with van der Waals surface area (Å²) in [5.41, 5.74) is 6.34. The Labute approximate surface area is 126 Å². The van der Waals surface area contributed by atoms with Crippen LogP contribution in [0.3, 0.4) is 0 Å². The van der Waals surface area contributed by atoms with Crippen LogP contribution in [0.5, 0.6) is 5.75 Å². The first-order valence-corrected chi connectivity index (χ1v) is 7.29. The van der Waals surface area contributed by atoms with Gasteiger partial charge in [-0.05, 0) is 32.5 Å². The lowest BCUT2D eigenvalue weighted by molar-refractivity contribution is 0.0597. The quantitative estimate of drug-likeness (QED) is 0.716. The number of aliphatic hydroxyl groups is 1. The number of hydrogen-bond acceptors (Lipinski definition) is 4. The van der Waals surface area contributed by atoms with Gasteiger partial charge in [-0.1, -0.05) is 31.3 Å². The molecule has 0 aliphatic heterocycles. The molecule has 0 radical (unpaired) electrons. The highest BCUT2D eigenvalue weighted by molar-refractivity contribution is 7.80. The van der Waals surface area contributed by atoms with Crippen molar-refractivity contribution < 1.29 is 9.84 Å². The molecule has 112 valence electrons. The van der Waals surface area contributed by atoms with E-state index in [1.54, 1.807) is 6.07 Å². The second-order valence-electron chi connectivity index (χ2n) is 5.04. The van der Waals surface area contributed by atoms with E-state index in [1.165, 1.54) is 0 Å². The number of nitrogens with zero attached hydrogens (tertiary/aromatic N) is 1. The number of ether oxygens (including phenoxy) is 1. The van der Waals surface area contributed by atoms with Crippen LogP contribution in [0.15, 0.2) is 24.3 Å². The zero-order valence-electron chi connectivity index (χ0n) is 12.4. The van der Waals surface area contributed by atoms with Crippen molar-refractivity contribution >= 4 is 17.2 Å². The average Bonchev–Trinajstić information content (AvgIpc) is 2.42. The Bertz CT molecular complexity index is 438. The SMILES string of the molecule is CCN(CC(O)COc1cccc(C(N)=S)c1)C(C)C. The minimum atomic E-state index is -0.522. The summed E-state index contributed by atoms with van der Waals surface area (Å²) < 4.78 is 5.59. The largest absolute Gasteiger partial charge is 0.491 e. The molecule has 0 aromatic heterocycles. The van der Waals surface area contributed by atoms with E-state index in [2.05, 4.69) is 25.7 Å². The van der Waals surface area contributed by atoms with E-state index >= 15 is 0 Å². The lowest BCUT2D eigenvalue weighted by Gasteiger charge is -2.27. The molecular weight excluding hydrogens is 272 g/mol. The molecule has 0 aliphatic rings. The third-order valence-corrected chi connectivity index (χ3v) is 3.38. The summed E-state index contributed by atoms with van der Waals surface area (Å²) in [6.07, 6.45) is -0.522. The molecule has 0 heterocycles. The predicted molar refractivity (Wildman–Crippen MR) is 86.2 cm³/mol. The molecule has 0 spiro atoms. The van der Waals surface area contributed by atoms with Gasteiger partial charge in [0.25, 0.3) is 0 Å². The van der Waals surface area contributed by atoms with Gasteiger partial charge in [0.1, 0.15) is 23.4 Å². The van der Waals surface area contributed by atoms with E-state index in [0.29, 0.717) is 23.3 Å². The van der Waals surface area contributed by atoms with Crippen molar-refractivity contribution in [1.82, 2.24) is 4.90 Å². The second-order valence-corrected chi connectivity index (χ2v) is 5.48. The monoisotopic (exact) mass is 296 g/mol. The Kier molecular flexibility index (Phi) is 6.91. The highest BCUT2D eigenvalue weighted by Crippen LogP contribution is 2.13. The molecule has 0 fully saturated rings. The molecule has 0 amide bonds. The maximum absolute atomic E-state index is 10.0. The lowest BCUT2D eigenvalue weighted by atomic mass is 10.2. The number of likely N-dealkylation sites (N-methyl/N-ethyl adjacent to an activating group) is 1. The highest BCUT2D eigenvalue weighted by Gasteiger charge is 2.13. The van der Waals surface area contributed by atoms with Crippen LogP contribution in [0, 0.1) is 0 Å². The summed E-state index contributed by atoms with van der Waals surface area (Å²) in [6.45, 7) is 8.07. The number of hydrogen-bond donors (Lipinski definition) is 2. The molecular formula is C15H24N2O2S. The van der Waals surface area contributed by atoms with Crippen molar-refractivity contribution in [3.8, 4) is 5.75 Å². The molecule has 4 nitrogen and oxygen atoms in total. The van der Waals surface area contributed by atoms with E-state index < -0.39 is 6.10 Å². The van der Waals surface area contributed by atoms with Crippen molar-refractivity contribution in [2.45, 2.75) is 32.9 Å². The Balaban J connectivity index is 2.50. The summed E-state index contributed by atoms with van der Waals surface area (Å²) in [6, 6.07) is 7.70. The summed E-state index contributed by atoms with van der Waals surface area (Å²) in [5.74, 6) is 0.668. The van der Waals surface area contributed by atoms with Crippen LogP contribution in [-0.4, -0.2) is 46.8 Å². The van der Waals surface area contributed by atoms with Gasteiger partial charge in [-0.2, -0.15) is 0 Å². The fourth-order valence-electron chi connectivity index (χ4n) is 1.96. The van der Waals surface area contributed by atoms with Crippen LogP contribution in [-0.2, 0) is 0 Å². The first-order chi connectivity index (χ1) is 9.43. The number of nitrogens with two attached hydrogens (primary N) is 1. The van der Waals surface area contributed by atoms with Crippen LogP contribution in [0.1, 0.15) is 26.3 Å². The molecule has 3 N–H and O–H groups in total. The standard InChI is InChI=1S/C15H24N2O2S/c1-4-17(11(2)3)9-13(18)10-19-14-7-5-6-12(8-14)15(16)20/h5-8,11,13,18H,4,9-10H2,1-3H3,(H2,16,20). The Morgan fingerprint density at radius 3 is 2.70 bits per heavy atom. The fraction of sp³-hybridized carbons (Fsp3) is 0.533. The normalized spacial score (nSPS) is 12.7. The highest BCUT2D eigenvalue weighted by atomic mass is 32.1. The van der Waals surface area contributed by atoms with E-state index in [9.17, 15) is 5.11 Å². The molecule has 20 heavy (non-hydrogen) atoms. The predicted octanol–water partition coefficient (Wildman–Crippen LogP) is 1.79. The second kappa shape index (κ2) is 8.19. The molecule has 0 bridgehead atoms. The first-order valence-electron chi connectivity index (χ1n) is 6.88. The molecule has 5 heteroatoms. The maximum atomic E-state index is 10.0. The minimum absolute atomic E-state index is 0.254. The van der Waals surface area contributed by atoms with E-state index in [0.717, 1.165) is 12.1 Å². The van der Waals surface area contributed by atoms with Gasteiger partial charge in [0.05, 0.1) is 0 Å². The smallest absolute Gasteiger partial charge is 0.120 e. The zero-order valence-corrected chi connectivity index (χ0v) is 13.2. The Morgan fingerprint density at radius 2 is 2.15 bits per heavy atom. The van der Waals surface area contributed by atoms with E-state index in [-0.39, 0.29) is 6.61 Å². The third-order valence-electron chi connectivity index (χ3n) is 3.14. The minimum Gasteiger partial charge on any atom is -0.491 e. The van der Waals surface area contributed by atoms with Crippen molar-refractivity contribution in [2.24, 2.45) is 5.73 Å². The van der Waals surface area contributed by atoms with Crippen LogP contribution < -0.4 is 10.5 Å². The fourth-order valence-corrected chi connectivity index (χ4v) is 2.09. The Morgan fingerprint density at radius 1 is 1.45 bits per heavy atom. The third kappa shape index (κ3) is 5.45. The number of benzene rings is 1. The summed E-state index contributed by atoms with van der Waals surface area (Å²) in [4.78, 5) is 2.53. The number of thiocarbonyl (C=S) groups is 1. The van der Waals surface area contributed by atoms with Crippen molar-refractivity contribution in [1.29, 1.82) is 0 Å². The lowest BCUT2D eigenvalue weighted by Crippen LogP contribution is -2.39. The number of aliphatic hydroxyl groups excluding tert-OH is 1. The molecule has 1 unspecified atom stereocenters. The van der Waals surface area contributed by atoms with E-state index in [1.807, 2.05) is 18.2 Å². The van der Waals surface area contributed by atoms with Crippen molar-refractivity contribution in [3.05, 3.63) is 29.8 Å². The summed E-state index contributed by atoms with van der Waals surface area (Å²) in [5, 5.41) is 10.0. The molecule has 0 saturated heterocycles. The van der Waals surface area contributed by atoms with Gasteiger partial charge in [0.2, 0.25) is 0 Å². The molecule has 1 atom stereocenters. The van der Waals surface area contributed by atoms with Gasteiger partial charge in [-0.3, -0.25) is 4.90 Å². The van der Waals surface area contributed by atoms with Crippen LogP contribution in [0.2, 0.25) is 0 Å². The van der Waals surface area contributed by atoms with Crippen molar-refractivity contribution in [3.63, 3.8) is 0 Å². The van der Waals surface area contributed by atoms with E-state index in [4.69, 9.17) is 22.7 Å². The van der Waals surface area contributed by atoms with Gasteiger partial charge in [-0.15, -0.1) is 0 Å². The summed E-state index contributed by atoms with van der Waals surface area (Å²) >= 11 is 4.92. The molecule has 1 rings (SSSR count). The van der Waals surface area contributed by atoms with Gasteiger partial charge in [0.15, 0.2) is 0 Å². The summed E-state index contributed by atoms with van der Waals surface area (Å²) in [7, 11) is 0. The number of rotatable bonds is 8. The van der Waals surface area contributed by atoms with Gasteiger partial charge in [0, 0.05) is 18.2 Å². The van der Waals surface area contributed by atoms with Gasteiger partial charge >= 0.3 is 0 Å². The van der Waals surface area contributed by atoms with Crippen LogP contribution in [0.4, 0.5) is 0 Å². The van der Waals surface area contributed by atoms with Gasteiger partial charge in [-0.25, -0.2) is 0 Å². The topological polar surface area (TPSA) is 58.7 Å². The molecule has 0 aliphatic carbocycles. The molecule has 1 aromatic rings.